The predicted octanol–water partition coefficient (Wildman–Crippen LogP) is 4.48. The lowest BCUT2D eigenvalue weighted by Gasteiger charge is -2.25. The molecule has 1 aromatic carbocycles. The van der Waals surface area contributed by atoms with Gasteiger partial charge >= 0.3 is 0 Å². The highest BCUT2D eigenvalue weighted by Crippen LogP contribution is 2.13. The van der Waals surface area contributed by atoms with E-state index in [1.54, 1.807) is 0 Å². The summed E-state index contributed by atoms with van der Waals surface area (Å²) in [6.45, 7) is 5.00. The molecule has 1 aliphatic heterocycles. The molecule has 1 heterocycles. The quantitative estimate of drug-likeness (QED) is 0.519. The second kappa shape index (κ2) is 8.99. The van der Waals surface area contributed by atoms with Crippen molar-refractivity contribution in [2.75, 3.05) is 19.6 Å². The van der Waals surface area contributed by atoms with E-state index >= 15 is 0 Å². The highest BCUT2D eigenvalue weighted by molar-refractivity contribution is 5.97. The van der Waals surface area contributed by atoms with Crippen LogP contribution in [0.1, 0.15) is 67.8 Å². The van der Waals surface area contributed by atoms with Gasteiger partial charge in [-0.3, -0.25) is 9.69 Å². The number of carbonyl (C=O) groups excluding carboxylic acids is 1. The molecule has 2 nitrogen and oxygen atoms in total. The molecule has 2 rings (SSSR count). The zero-order valence-corrected chi connectivity index (χ0v) is 13.4. The van der Waals surface area contributed by atoms with E-state index in [2.05, 4.69) is 24.0 Å². The third-order valence-corrected chi connectivity index (χ3v) is 4.41. The summed E-state index contributed by atoms with van der Waals surface area (Å²) in [5.74, 6) is 0.273. The molecular weight excluding hydrogens is 258 g/mol. The van der Waals surface area contributed by atoms with Crippen LogP contribution in [-0.4, -0.2) is 30.3 Å². The first kappa shape index (κ1) is 16.2. The molecular formula is C19H29NO. The molecule has 1 fully saturated rings. The first-order valence-corrected chi connectivity index (χ1v) is 8.64. The van der Waals surface area contributed by atoms with Gasteiger partial charge in [0, 0.05) is 5.56 Å². The second-order valence-corrected chi connectivity index (χ2v) is 6.27. The van der Waals surface area contributed by atoms with Crippen molar-refractivity contribution in [2.45, 2.75) is 58.3 Å². The van der Waals surface area contributed by atoms with Crippen LogP contribution in [0.5, 0.6) is 0 Å². The van der Waals surface area contributed by atoms with E-state index < -0.39 is 0 Å². The third-order valence-electron chi connectivity index (χ3n) is 4.41. The molecule has 0 spiro atoms. The summed E-state index contributed by atoms with van der Waals surface area (Å²) >= 11 is 0. The molecule has 21 heavy (non-hydrogen) atoms. The number of unbranched alkanes of at least 4 members (excludes halogenated alkanes) is 3. The van der Waals surface area contributed by atoms with Gasteiger partial charge in [-0.05, 0) is 44.3 Å². The van der Waals surface area contributed by atoms with E-state index in [9.17, 15) is 4.79 Å². The van der Waals surface area contributed by atoms with Crippen molar-refractivity contribution in [1.29, 1.82) is 0 Å². The largest absolute Gasteiger partial charge is 0.296 e. The van der Waals surface area contributed by atoms with E-state index in [0.29, 0.717) is 6.54 Å². The van der Waals surface area contributed by atoms with Gasteiger partial charge in [0.2, 0.25) is 0 Å². The molecule has 1 saturated heterocycles. The molecule has 0 bridgehead atoms. The van der Waals surface area contributed by atoms with Crippen LogP contribution < -0.4 is 0 Å². The second-order valence-electron chi connectivity index (χ2n) is 6.27. The fraction of sp³-hybridized carbons (Fsp3) is 0.632. The number of hydrogen-bond acceptors (Lipinski definition) is 2. The first-order chi connectivity index (χ1) is 10.3. The smallest absolute Gasteiger partial charge is 0.176 e. The number of rotatable bonds is 8. The Balaban J connectivity index is 1.78. The van der Waals surface area contributed by atoms with Crippen LogP contribution in [0.15, 0.2) is 24.3 Å². The molecule has 2 heteroatoms. The van der Waals surface area contributed by atoms with Crippen molar-refractivity contribution < 1.29 is 4.79 Å². The Morgan fingerprint density at radius 1 is 1.00 bits per heavy atom. The van der Waals surface area contributed by atoms with Crippen LogP contribution in [0.25, 0.3) is 0 Å². The van der Waals surface area contributed by atoms with E-state index in [4.69, 9.17) is 0 Å². The van der Waals surface area contributed by atoms with E-state index in [1.807, 2.05) is 12.1 Å². The molecule has 0 aliphatic carbocycles. The van der Waals surface area contributed by atoms with Gasteiger partial charge in [-0.2, -0.15) is 0 Å². The molecule has 0 N–H and O–H groups in total. The zero-order valence-electron chi connectivity index (χ0n) is 13.4. The van der Waals surface area contributed by atoms with Crippen LogP contribution in [0.4, 0.5) is 0 Å². The number of piperidine rings is 1. The van der Waals surface area contributed by atoms with Gasteiger partial charge in [0.15, 0.2) is 5.78 Å². The molecule has 0 unspecified atom stereocenters. The summed E-state index contributed by atoms with van der Waals surface area (Å²) in [5, 5.41) is 0. The minimum absolute atomic E-state index is 0.273. The number of aryl methyl sites for hydroxylation is 1. The summed E-state index contributed by atoms with van der Waals surface area (Å²) in [5.41, 5.74) is 2.23. The van der Waals surface area contributed by atoms with Crippen molar-refractivity contribution in [3.05, 3.63) is 35.4 Å². The summed E-state index contributed by atoms with van der Waals surface area (Å²) in [6.07, 6.45) is 10.1. The lowest BCUT2D eigenvalue weighted by atomic mass is 10.0. The van der Waals surface area contributed by atoms with Crippen LogP contribution in [0.3, 0.4) is 0 Å². The number of carbonyl (C=O) groups is 1. The Bertz CT molecular complexity index is 418. The Morgan fingerprint density at radius 3 is 2.38 bits per heavy atom. The zero-order chi connectivity index (χ0) is 14.9. The number of likely N-dealkylation sites (tertiary alicyclic amines) is 1. The SMILES string of the molecule is CCCCCCc1ccc(C(=O)CN2CCCCC2)cc1. The van der Waals surface area contributed by atoms with Crippen molar-refractivity contribution in [2.24, 2.45) is 0 Å². The van der Waals surface area contributed by atoms with Gasteiger partial charge in [0.25, 0.3) is 0 Å². The number of nitrogens with zero attached hydrogens (tertiary/aromatic N) is 1. The summed E-state index contributed by atoms with van der Waals surface area (Å²) in [6, 6.07) is 8.30. The first-order valence-electron chi connectivity index (χ1n) is 8.64. The van der Waals surface area contributed by atoms with E-state index in [-0.39, 0.29) is 5.78 Å². The summed E-state index contributed by atoms with van der Waals surface area (Å²) in [4.78, 5) is 14.6. The fourth-order valence-electron chi connectivity index (χ4n) is 3.03. The van der Waals surface area contributed by atoms with Crippen molar-refractivity contribution >= 4 is 5.78 Å². The van der Waals surface area contributed by atoms with Crippen molar-refractivity contribution in [1.82, 2.24) is 4.90 Å². The Hall–Kier alpha value is -1.15. The predicted molar refractivity (Wildman–Crippen MR) is 88.9 cm³/mol. The Morgan fingerprint density at radius 2 is 1.71 bits per heavy atom. The molecule has 0 radical (unpaired) electrons. The molecule has 0 aromatic heterocycles. The molecule has 116 valence electrons. The van der Waals surface area contributed by atoms with Crippen LogP contribution in [0, 0.1) is 0 Å². The van der Waals surface area contributed by atoms with Gasteiger partial charge < -0.3 is 0 Å². The topological polar surface area (TPSA) is 20.3 Å². The maximum Gasteiger partial charge on any atom is 0.176 e. The van der Waals surface area contributed by atoms with Crippen LogP contribution >= 0.6 is 0 Å². The average molecular weight is 287 g/mol. The van der Waals surface area contributed by atoms with Gasteiger partial charge in [-0.15, -0.1) is 0 Å². The van der Waals surface area contributed by atoms with Gasteiger partial charge in [-0.25, -0.2) is 0 Å². The number of benzene rings is 1. The van der Waals surface area contributed by atoms with Gasteiger partial charge in [0.05, 0.1) is 6.54 Å². The number of Topliss-reactive ketones (excluding diaryl/α,β-unsaturated/α-hetero) is 1. The minimum Gasteiger partial charge on any atom is -0.296 e. The van der Waals surface area contributed by atoms with Crippen molar-refractivity contribution in [3.63, 3.8) is 0 Å². The van der Waals surface area contributed by atoms with Gasteiger partial charge in [0.1, 0.15) is 0 Å². The third kappa shape index (κ3) is 5.62. The van der Waals surface area contributed by atoms with Crippen LogP contribution in [0.2, 0.25) is 0 Å². The van der Waals surface area contributed by atoms with Crippen LogP contribution in [-0.2, 0) is 6.42 Å². The average Bonchev–Trinajstić information content (AvgIpc) is 2.53. The Labute approximate surface area is 129 Å². The molecule has 0 atom stereocenters. The van der Waals surface area contributed by atoms with E-state index in [1.165, 1.54) is 50.5 Å². The highest BCUT2D eigenvalue weighted by atomic mass is 16.1. The monoisotopic (exact) mass is 287 g/mol. The molecule has 1 aliphatic rings. The lowest BCUT2D eigenvalue weighted by Crippen LogP contribution is -2.34. The normalized spacial score (nSPS) is 16.0. The number of ketones is 1. The summed E-state index contributed by atoms with van der Waals surface area (Å²) in [7, 11) is 0. The maximum atomic E-state index is 12.3. The van der Waals surface area contributed by atoms with Gasteiger partial charge in [-0.1, -0.05) is 56.9 Å². The standard InChI is InChI=1S/C19H29NO/c1-2-3-4-6-9-17-10-12-18(13-11-17)19(21)16-20-14-7-5-8-15-20/h10-13H,2-9,14-16H2,1H3. The lowest BCUT2D eigenvalue weighted by molar-refractivity contribution is 0.0915. The molecule has 0 amide bonds. The molecule has 0 saturated carbocycles. The molecule has 1 aromatic rings. The summed E-state index contributed by atoms with van der Waals surface area (Å²) < 4.78 is 0. The minimum atomic E-state index is 0.273. The maximum absolute atomic E-state index is 12.3. The number of hydrogen-bond donors (Lipinski definition) is 0. The van der Waals surface area contributed by atoms with E-state index in [0.717, 1.165) is 25.1 Å². The van der Waals surface area contributed by atoms with Crippen molar-refractivity contribution in [3.8, 4) is 0 Å². The fourth-order valence-corrected chi connectivity index (χ4v) is 3.03. The Kier molecular flexibility index (Phi) is 6.94. The highest BCUT2D eigenvalue weighted by Gasteiger charge is 2.14.